The Balaban J connectivity index is 0.00000556. The SMILES string of the molecule is [Ir+3].[c-]1cc(-n2ccnc2-c2cc(-c3ccccc3-c3c[c-]c(-c4cc5c(cn4)CCC5)cc3-c3ccc(-c4ccccc4)cc3)cc(-c3nccn3-c3c[c-]c(-c4ccccn4)cc3)c2)ccc1-c1ccccn1. The molecule has 8 heteroatoms. The molecule has 7 aromatic carbocycles. The Labute approximate surface area is 444 Å². The molecule has 5 aromatic heterocycles. The first kappa shape index (κ1) is 46.1. The first-order valence-electron chi connectivity index (χ1n) is 24.6. The largest absolute Gasteiger partial charge is 3.00 e. The second-order valence-corrected chi connectivity index (χ2v) is 18.2. The Morgan fingerprint density at radius 3 is 1.51 bits per heavy atom. The van der Waals surface area contributed by atoms with Gasteiger partial charge in [0.05, 0.1) is 0 Å². The topological polar surface area (TPSA) is 74.3 Å². The minimum absolute atomic E-state index is 0. The van der Waals surface area contributed by atoms with Crippen LogP contribution in [0.3, 0.4) is 0 Å². The zero-order valence-electron chi connectivity index (χ0n) is 40.0. The number of hydrogen-bond acceptors (Lipinski definition) is 5. The van der Waals surface area contributed by atoms with Gasteiger partial charge in [-0.15, -0.1) is 83.4 Å². The molecular formula is C66H44IrN7. The monoisotopic (exact) mass is 1130 g/mol. The predicted octanol–water partition coefficient (Wildman–Crippen LogP) is 15.1. The van der Waals surface area contributed by atoms with Crippen molar-refractivity contribution in [2.75, 3.05) is 0 Å². The summed E-state index contributed by atoms with van der Waals surface area (Å²) < 4.78 is 4.23. The van der Waals surface area contributed by atoms with E-state index in [9.17, 15) is 0 Å². The van der Waals surface area contributed by atoms with Crippen molar-refractivity contribution < 1.29 is 20.1 Å². The third kappa shape index (κ3) is 9.02. The molecule has 12 aromatic rings. The predicted molar refractivity (Wildman–Crippen MR) is 292 cm³/mol. The number of rotatable bonds is 11. The Kier molecular flexibility index (Phi) is 12.7. The van der Waals surface area contributed by atoms with E-state index in [-0.39, 0.29) is 20.1 Å². The fourth-order valence-corrected chi connectivity index (χ4v) is 10.1. The molecule has 0 aliphatic heterocycles. The van der Waals surface area contributed by atoms with Crippen LogP contribution in [0.1, 0.15) is 17.5 Å². The molecule has 0 fully saturated rings. The quantitative estimate of drug-likeness (QED) is 0.121. The van der Waals surface area contributed by atoms with Gasteiger partial charge < -0.3 is 24.1 Å². The van der Waals surface area contributed by atoms with Gasteiger partial charge in [-0.3, -0.25) is 0 Å². The van der Waals surface area contributed by atoms with Gasteiger partial charge in [-0.2, -0.15) is 0 Å². The van der Waals surface area contributed by atoms with E-state index in [0.29, 0.717) is 0 Å². The molecule has 5 heterocycles. The van der Waals surface area contributed by atoms with Crippen LogP contribution in [-0.2, 0) is 32.9 Å². The number of pyridine rings is 3. The van der Waals surface area contributed by atoms with E-state index < -0.39 is 0 Å². The molecule has 0 N–H and O–H groups in total. The van der Waals surface area contributed by atoms with Crippen molar-refractivity contribution in [3.8, 4) is 112 Å². The van der Waals surface area contributed by atoms with Crippen LogP contribution >= 0.6 is 0 Å². The summed E-state index contributed by atoms with van der Waals surface area (Å²) in [6, 6.07) is 76.3. The Morgan fingerprint density at radius 1 is 0.351 bits per heavy atom. The average molecular weight is 1130 g/mol. The van der Waals surface area contributed by atoms with Crippen molar-refractivity contribution in [2.45, 2.75) is 19.3 Å². The van der Waals surface area contributed by atoms with Gasteiger partial charge >= 0.3 is 20.1 Å². The number of fused-ring (bicyclic) bond motifs is 1. The van der Waals surface area contributed by atoms with Crippen molar-refractivity contribution in [3.63, 3.8) is 0 Å². The Morgan fingerprint density at radius 2 is 0.905 bits per heavy atom. The van der Waals surface area contributed by atoms with E-state index in [2.05, 4.69) is 183 Å². The van der Waals surface area contributed by atoms with Crippen molar-refractivity contribution in [3.05, 3.63) is 261 Å². The average Bonchev–Trinajstić information content (AvgIpc) is 4.29. The zero-order valence-corrected chi connectivity index (χ0v) is 42.4. The number of benzene rings is 7. The van der Waals surface area contributed by atoms with Gasteiger partial charge in [-0.1, -0.05) is 131 Å². The summed E-state index contributed by atoms with van der Waals surface area (Å²) in [6.45, 7) is 0. The van der Waals surface area contributed by atoms with Crippen LogP contribution in [0.2, 0.25) is 0 Å². The van der Waals surface area contributed by atoms with Crippen LogP contribution in [-0.4, -0.2) is 34.1 Å². The summed E-state index contributed by atoms with van der Waals surface area (Å²) in [7, 11) is 0. The van der Waals surface area contributed by atoms with Gasteiger partial charge in [0.2, 0.25) is 0 Å². The second kappa shape index (κ2) is 20.3. The fourth-order valence-electron chi connectivity index (χ4n) is 10.1. The molecule has 0 amide bonds. The zero-order chi connectivity index (χ0) is 48.5. The molecule has 7 nitrogen and oxygen atoms in total. The van der Waals surface area contributed by atoms with Gasteiger partial charge in [0.1, 0.15) is 11.6 Å². The first-order chi connectivity index (χ1) is 36.2. The van der Waals surface area contributed by atoms with E-state index in [1.807, 2.05) is 73.3 Å². The molecule has 0 bridgehead atoms. The Bertz CT molecular complexity index is 3770. The van der Waals surface area contributed by atoms with Crippen LogP contribution in [0.15, 0.2) is 231 Å². The molecule has 0 atom stereocenters. The van der Waals surface area contributed by atoms with E-state index in [1.165, 1.54) is 28.7 Å². The molecule has 0 saturated heterocycles. The van der Waals surface area contributed by atoms with E-state index in [1.54, 1.807) is 12.4 Å². The van der Waals surface area contributed by atoms with Crippen LogP contribution < -0.4 is 0 Å². The van der Waals surface area contributed by atoms with Gasteiger partial charge in [0, 0.05) is 54.5 Å². The van der Waals surface area contributed by atoms with Crippen molar-refractivity contribution in [1.82, 2.24) is 34.1 Å². The molecule has 74 heavy (non-hydrogen) atoms. The molecular weight excluding hydrogens is 1080 g/mol. The maximum Gasteiger partial charge on any atom is 3.00 e. The number of aryl methyl sites for hydroxylation is 2. The smallest absolute Gasteiger partial charge is 0.341 e. The maximum absolute atomic E-state index is 5.03. The van der Waals surface area contributed by atoms with Gasteiger partial charge in [0.15, 0.2) is 0 Å². The third-order valence-electron chi connectivity index (χ3n) is 13.8. The summed E-state index contributed by atoms with van der Waals surface area (Å²) in [5, 5.41) is 0. The number of nitrogens with zero attached hydrogens (tertiary/aromatic N) is 7. The standard InChI is InChI=1S/C66H44N7.Ir/c1-2-11-45(12-3-1)46-19-21-47(22-20-46)61-42-51(64-43-50-13-10-14-52(50)44-71-64)27-32-60(61)59-16-5-4-15-58(59)53-39-54(65-69-35-37-72(65)56-28-23-48(24-29-56)62-17-6-8-33-67-62)41-55(40-53)66-70-36-38-73(66)57-30-25-49(26-31-57)63-18-7-9-34-68-63;/h1-9,11-12,15-23,25,28-44H,10,13-14H2;/q-3;+3. The fraction of sp³-hybridized carbons (Fsp3) is 0.0455. The minimum Gasteiger partial charge on any atom is -0.341 e. The van der Waals surface area contributed by atoms with Crippen molar-refractivity contribution >= 4 is 0 Å². The van der Waals surface area contributed by atoms with Gasteiger partial charge in [-0.25, -0.2) is 9.97 Å². The van der Waals surface area contributed by atoms with E-state index in [4.69, 9.17) is 15.0 Å². The van der Waals surface area contributed by atoms with E-state index >= 15 is 0 Å². The summed E-state index contributed by atoms with van der Waals surface area (Å²) in [5.41, 5.74) is 20.7. The van der Waals surface area contributed by atoms with Crippen LogP contribution in [0.5, 0.6) is 0 Å². The van der Waals surface area contributed by atoms with Crippen LogP contribution in [0.4, 0.5) is 0 Å². The molecule has 1 aliphatic carbocycles. The molecule has 0 unspecified atom stereocenters. The first-order valence-corrected chi connectivity index (χ1v) is 24.6. The second-order valence-electron chi connectivity index (χ2n) is 18.2. The molecule has 0 radical (unpaired) electrons. The molecule has 0 saturated carbocycles. The molecule has 1 aliphatic rings. The Hall–Kier alpha value is -8.94. The van der Waals surface area contributed by atoms with Crippen molar-refractivity contribution in [1.29, 1.82) is 0 Å². The number of aromatic nitrogens is 7. The van der Waals surface area contributed by atoms with Crippen molar-refractivity contribution in [2.24, 2.45) is 0 Å². The normalized spacial score (nSPS) is 11.8. The summed E-state index contributed by atoms with van der Waals surface area (Å²) in [5.74, 6) is 1.56. The van der Waals surface area contributed by atoms with Gasteiger partial charge in [-0.05, 0) is 111 Å². The van der Waals surface area contributed by atoms with E-state index in [0.717, 1.165) is 114 Å². The third-order valence-corrected chi connectivity index (χ3v) is 13.8. The summed E-state index contributed by atoms with van der Waals surface area (Å²) in [4.78, 5) is 24.2. The van der Waals surface area contributed by atoms with Crippen LogP contribution in [0.25, 0.3) is 112 Å². The van der Waals surface area contributed by atoms with Crippen LogP contribution in [0, 0.1) is 18.2 Å². The number of hydrogen-bond donors (Lipinski definition) is 0. The molecule has 352 valence electrons. The summed E-state index contributed by atoms with van der Waals surface area (Å²) in [6.07, 6.45) is 16.7. The molecule has 0 spiro atoms. The molecule has 13 rings (SSSR count). The van der Waals surface area contributed by atoms with Gasteiger partial charge in [0.25, 0.3) is 0 Å². The number of imidazole rings is 2. The minimum atomic E-state index is 0. The summed E-state index contributed by atoms with van der Waals surface area (Å²) >= 11 is 0. The maximum atomic E-state index is 5.03.